The van der Waals surface area contributed by atoms with E-state index in [0.29, 0.717) is 6.42 Å². The van der Waals surface area contributed by atoms with E-state index in [1.54, 1.807) is 0 Å². The Bertz CT molecular complexity index is 381. The van der Waals surface area contributed by atoms with Crippen LogP contribution in [0.5, 0.6) is 0 Å². The Kier molecular flexibility index (Phi) is 3.73. The Morgan fingerprint density at radius 1 is 1.69 bits per heavy atom. The Morgan fingerprint density at radius 2 is 2.38 bits per heavy atom. The quantitative estimate of drug-likeness (QED) is 0.580. The molecule has 0 saturated carbocycles. The van der Waals surface area contributed by atoms with E-state index in [0.717, 1.165) is 0 Å². The lowest BCUT2D eigenvalue weighted by Crippen LogP contribution is -2.31. The van der Waals surface area contributed by atoms with Crippen LogP contribution in [0, 0.1) is 17.8 Å². The number of oxazole rings is 1. The second-order valence-electron chi connectivity index (χ2n) is 4.54. The van der Waals surface area contributed by atoms with Crippen molar-refractivity contribution in [2.45, 2.75) is 33.3 Å². The number of hydrogen-bond acceptors (Lipinski definition) is 4. The third-order valence-corrected chi connectivity index (χ3v) is 2.16. The molecule has 0 aliphatic heterocycles. The summed E-state index contributed by atoms with van der Waals surface area (Å²) >= 11 is 0. The molecule has 0 N–H and O–H groups in total. The summed E-state index contributed by atoms with van der Waals surface area (Å²) in [6.45, 7) is 5.89. The summed E-state index contributed by atoms with van der Waals surface area (Å²) in [6.07, 6.45) is 7.73. The topological polar surface area (TPSA) is 52.3 Å². The van der Waals surface area contributed by atoms with Gasteiger partial charge in [-0.1, -0.05) is 20.8 Å². The third-order valence-electron chi connectivity index (χ3n) is 2.16. The molecule has 0 bridgehead atoms. The lowest BCUT2D eigenvalue weighted by Gasteiger charge is -2.28. The highest BCUT2D eigenvalue weighted by molar-refractivity contribution is 5.86. The van der Waals surface area contributed by atoms with Gasteiger partial charge in [0.1, 0.15) is 12.4 Å². The van der Waals surface area contributed by atoms with Gasteiger partial charge in [-0.05, 0) is 5.41 Å². The van der Waals surface area contributed by atoms with Crippen LogP contribution in [0.1, 0.15) is 37.7 Å². The van der Waals surface area contributed by atoms with Crippen LogP contribution in [0.3, 0.4) is 0 Å². The van der Waals surface area contributed by atoms with Crippen molar-refractivity contribution < 1.29 is 13.9 Å². The zero-order valence-corrected chi connectivity index (χ0v) is 9.69. The van der Waals surface area contributed by atoms with E-state index >= 15 is 0 Å². The van der Waals surface area contributed by atoms with Gasteiger partial charge in [-0.3, -0.25) is 0 Å². The minimum atomic E-state index is -0.510. The summed E-state index contributed by atoms with van der Waals surface area (Å²) in [5, 5.41) is 0. The number of terminal acetylenes is 1. The zero-order chi connectivity index (χ0) is 12.2. The highest BCUT2D eigenvalue weighted by Crippen LogP contribution is 2.25. The van der Waals surface area contributed by atoms with E-state index in [1.807, 2.05) is 20.8 Å². The summed E-state index contributed by atoms with van der Waals surface area (Å²) in [5.41, 5.74) is -0.0440. The highest BCUT2D eigenvalue weighted by Gasteiger charge is 2.28. The number of hydrogen-bond donors (Lipinski definition) is 0. The van der Waals surface area contributed by atoms with Gasteiger partial charge in [-0.25, -0.2) is 9.78 Å². The smallest absolute Gasteiger partial charge is 0.360 e. The van der Waals surface area contributed by atoms with E-state index in [9.17, 15) is 4.79 Å². The van der Waals surface area contributed by atoms with Crippen molar-refractivity contribution in [2.75, 3.05) is 0 Å². The van der Waals surface area contributed by atoms with Crippen LogP contribution in [0.2, 0.25) is 0 Å². The molecule has 1 rings (SSSR count). The molecule has 0 radical (unpaired) electrons. The van der Waals surface area contributed by atoms with Crippen LogP contribution < -0.4 is 0 Å². The second kappa shape index (κ2) is 4.84. The van der Waals surface area contributed by atoms with Crippen LogP contribution in [0.4, 0.5) is 0 Å². The average Bonchev–Trinajstić information content (AvgIpc) is 2.68. The maximum atomic E-state index is 11.6. The van der Waals surface area contributed by atoms with Crippen LogP contribution in [-0.4, -0.2) is 17.1 Å². The van der Waals surface area contributed by atoms with Crippen LogP contribution in [0.15, 0.2) is 17.1 Å². The molecule has 1 aromatic heterocycles. The molecule has 0 fully saturated rings. The van der Waals surface area contributed by atoms with Crippen molar-refractivity contribution in [1.82, 2.24) is 4.98 Å². The van der Waals surface area contributed by atoms with Crippen LogP contribution in [0.25, 0.3) is 0 Å². The van der Waals surface area contributed by atoms with Gasteiger partial charge in [0.05, 0.1) is 0 Å². The molecule has 1 aromatic rings. The number of aromatic nitrogens is 1. The van der Waals surface area contributed by atoms with Crippen molar-refractivity contribution in [3.8, 4) is 12.3 Å². The van der Waals surface area contributed by atoms with Crippen molar-refractivity contribution >= 4 is 5.97 Å². The standard InChI is InChI=1S/C12H15NO3/c1-5-6-10(12(2,3)4)16-11(14)9-7-15-8-13-9/h1,7-8,10H,6H2,2-4H3/t10-/m1/s1. The first-order valence-electron chi connectivity index (χ1n) is 4.97. The van der Waals surface area contributed by atoms with Gasteiger partial charge in [0.2, 0.25) is 0 Å². The fraction of sp³-hybridized carbons (Fsp3) is 0.500. The summed E-state index contributed by atoms with van der Waals surface area (Å²) in [7, 11) is 0. The van der Waals surface area contributed by atoms with Gasteiger partial charge < -0.3 is 9.15 Å². The third kappa shape index (κ3) is 3.13. The Balaban J connectivity index is 2.70. The molecule has 0 aliphatic rings. The molecular formula is C12H15NO3. The summed E-state index contributed by atoms with van der Waals surface area (Å²) < 4.78 is 10.0. The molecule has 0 amide bonds. The largest absolute Gasteiger partial charge is 0.456 e. The minimum Gasteiger partial charge on any atom is -0.456 e. The fourth-order valence-electron chi connectivity index (χ4n) is 1.13. The van der Waals surface area contributed by atoms with Crippen LogP contribution >= 0.6 is 0 Å². The van der Waals surface area contributed by atoms with E-state index in [-0.39, 0.29) is 17.2 Å². The predicted octanol–water partition coefficient (Wildman–Crippen LogP) is 2.27. The molecule has 0 saturated heterocycles. The van der Waals surface area contributed by atoms with E-state index in [4.69, 9.17) is 15.6 Å². The molecular weight excluding hydrogens is 206 g/mol. The summed E-state index contributed by atoms with van der Waals surface area (Å²) in [5.74, 6) is 1.99. The predicted molar refractivity (Wildman–Crippen MR) is 58.6 cm³/mol. The lowest BCUT2D eigenvalue weighted by atomic mass is 9.87. The van der Waals surface area contributed by atoms with Gasteiger partial charge in [0.25, 0.3) is 0 Å². The molecule has 0 spiro atoms. The molecule has 0 unspecified atom stereocenters. The second-order valence-corrected chi connectivity index (χ2v) is 4.54. The van der Waals surface area contributed by atoms with E-state index in [2.05, 4.69) is 10.9 Å². The molecule has 0 aromatic carbocycles. The Hall–Kier alpha value is -1.76. The van der Waals surface area contributed by atoms with Gasteiger partial charge in [-0.2, -0.15) is 0 Å². The Morgan fingerprint density at radius 3 is 2.81 bits per heavy atom. The lowest BCUT2D eigenvalue weighted by molar-refractivity contribution is -0.00114. The van der Waals surface area contributed by atoms with Gasteiger partial charge >= 0.3 is 5.97 Å². The van der Waals surface area contributed by atoms with Crippen molar-refractivity contribution in [3.05, 3.63) is 18.4 Å². The zero-order valence-electron chi connectivity index (χ0n) is 9.69. The van der Waals surface area contributed by atoms with Gasteiger partial charge in [0.15, 0.2) is 12.1 Å². The maximum Gasteiger partial charge on any atom is 0.360 e. The molecule has 16 heavy (non-hydrogen) atoms. The van der Waals surface area contributed by atoms with E-state index in [1.165, 1.54) is 12.7 Å². The first-order valence-corrected chi connectivity index (χ1v) is 4.97. The number of rotatable bonds is 3. The molecule has 0 aliphatic carbocycles. The molecule has 1 atom stereocenters. The summed E-state index contributed by atoms with van der Waals surface area (Å²) in [4.78, 5) is 15.3. The van der Waals surface area contributed by atoms with Crippen LogP contribution in [-0.2, 0) is 4.74 Å². The summed E-state index contributed by atoms with van der Waals surface area (Å²) in [6, 6.07) is 0. The first kappa shape index (κ1) is 12.3. The van der Waals surface area contributed by atoms with Crippen molar-refractivity contribution in [3.63, 3.8) is 0 Å². The number of ether oxygens (including phenoxy) is 1. The van der Waals surface area contributed by atoms with Crippen molar-refractivity contribution in [2.24, 2.45) is 5.41 Å². The maximum absolute atomic E-state index is 11.6. The van der Waals surface area contributed by atoms with E-state index < -0.39 is 5.97 Å². The molecule has 86 valence electrons. The Labute approximate surface area is 95.0 Å². The monoisotopic (exact) mass is 221 g/mol. The normalized spacial score (nSPS) is 12.9. The highest BCUT2D eigenvalue weighted by atomic mass is 16.5. The van der Waals surface area contributed by atoms with Gasteiger partial charge in [-0.15, -0.1) is 12.3 Å². The fourth-order valence-corrected chi connectivity index (χ4v) is 1.13. The number of nitrogens with zero attached hydrogens (tertiary/aromatic N) is 1. The molecule has 1 heterocycles. The number of carbonyl (C=O) groups is 1. The van der Waals surface area contributed by atoms with Crippen molar-refractivity contribution in [1.29, 1.82) is 0 Å². The average molecular weight is 221 g/mol. The number of esters is 1. The van der Waals surface area contributed by atoms with Gasteiger partial charge in [0, 0.05) is 6.42 Å². The molecule has 4 heteroatoms. The first-order chi connectivity index (χ1) is 7.45. The minimum absolute atomic E-state index is 0.159. The SMILES string of the molecule is C#CC[C@@H](OC(=O)c1cocn1)C(C)(C)C. The number of carbonyl (C=O) groups excluding carboxylic acids is 1. The molecule has 4 nitrogen and oxygen atoms in total.